The zero-order valence-electron chi connectivity index (χ0n) is 9.40. The fraction of sp³-hybridized carbons (Fsp3) is 0.333. The maximum absolute atomic E-state index is 5.88. The molecule has 2 heterocycles. The molecule has 0 bridgehead atoms. The minimum Gasteiger partial charge on any atom is -0.382 e. The molecule has 4 nitrogen and oxygen atoms in total. The molecule has 2 aromatic heterocycles. The standard InChI is InChI=1S/C12H16N4/c1-2-3-4-10-11(12(13)16-15-10)9-5-7-14-8-6-9/h5-8H,2-4H2,1H3,(H3,13,15,16). The molecule has 0 aliphatic heterocycles. The number of nitrogens with two attached hydrogens (primary N) is 1. The topological polar surface area (TPSA) is 67.6 Å². The molecular formula is C12H16N4. The molecule has 16 heavy (non-hydrogen) atoms. The normalized spacial score (nSPS) is 10.6. The van der Waals surface area contributed by atoms with Crippen LogP contribution in [0.2, 0.25) is 0 Å². The van der Waals surface area contributed by atoms with Gasteiger partial charge in [0.1, 0.15) is 0 Å². The molecule has 84 valence electrons. The second-order valence-corrected chi connectivity index (χ2v) is 3.80. The van der Waals surface area contributed by atoms with E-state index in [9.17, 15) is 0 Å². The molecule has 0 aromatic carbocycles. The van der Waals surface area contributed by atoms with Crippen LogP contribution in [0.3, 0.4) is 0 Å². The maximum atomic E-state index is 5.88. The van der Waals surface area contributed by atoms with Crippen molar-refractivity contribution in [2.45, 2.75) is 26.2 Å². The predicted octanol–water partition coefficient (Wildman–Crippen LogP) is 2.40. The summed E-state index contributed by atoms with van der Waals surface area (Å²) in [6.45, 7) is 2.17. The number of nitrogens with zero attached hydrogens (tertiary/aromatic N) is 2. The molecule has 0 fully saturated rings. The Morgan fingerprint density at radius 1 is 1.31 bits per heavy atom. The third-order valence-corrected chi connectivity index (χ3v) is 2.62. The van der Waals surface area contributed by atoms with E-state index in [1.54, 1.807) is 12.4 Å². The van der Waals surface area contributed by atoms with Crippen LogP contribution < -0.4 is 5.73 Å². The first-order valence-corrected chi connectivity index (χ1v) is 5.56. The van der Waals surface area contributed by atoms with E-state index in [-0.39, 0.29) is 0 Å². The Kier molecular flexibility index (Phi) is 3.19. The number of hydrogen-bond donors (Lipinski definition) is 2. The number of aromatic nitrogens is 3. The molecule has 0 saturated heterocycles. The molecule has 0 amide bonds. The third-order valence-electron chi connectivity index (χ3n) is 2.62. The summed E-state index contributed by atoms with van der Waals surface area (Å²) in [5.74, 6) is 0.567. The fourth-order valence-electron chi connectivity index (χ4n) is 1.77. The fourth-order valence-corrected chi connectivity index (χ4v) is 1.77. The van der Waals surface area contributed by atoms with Crippen molar-refractivity contribution in [1.82, 2.24) is 15.2 Å². The first-order chi connectivity index (χ1) is 7.83. The minimum absolute atomic E-state index is 0.567. The third kappa shape index (κ3) is 2.05. The van der Waals surface area contributed by atoms with Gasteiger partial charge in [-0.25, -0.2) is 0 Å². The van der Waals surface area contributed by atoms with E-state index in [4.69, 9.17) is 5.73 Å². The molecule has 0 aliphatic carbocycles. The van der Waals surface area contributed by atoms with Gasteiger partial charge in [-0.1, -0.05) is 13.3 Å². The highest BCUT2D eigenvalue weighted by Gasteiger charge is 2.11. The van der Waals surface area contributed by atoms with Crippen molar-refractivity contribution in [1.29, 1.82) is 0 Å². The first-order valence-electron chi connectivity index (χ1n) is 5.56. The second-order valence-electron chi connectivity index (χ2n) is 3.80. The van der Waals surface area contributed by atoms with Crippen molar-refractivity contribution in [3.63, 3.8) is 0 Å². The van der Waals surface area contributed by atoms with Gasteiger partial charge in [0.15, 0.2) is 5.82 Å². The SMILES string of the molecule is CCCCc1[nH]nc(N)c1-c1ccncc1. The van der Waals surface area contributed by atoms with E-state index >= 15 is 0 Å². The van der Waals surface area contributed by atoms with Gasteiger partial charge in [0.2, 0.25) is 0 Å². The predicted molar refractivity (Wildman–Crippen MR) is 64.8 cm³/mol. The zero-order valence-corrected chi connectivity index (χ0v) is 9.40. The van der Waals surface area contributed by atoms with Crippen molar-refractivity contribution < 1.29 is 0 Å². The minimum atomic E-state index is 0.567. The molecule has 2 aromatic rings. The molecule has 4 heteroatoms. The Hall–Kier alpha value is -1.84. The van der Waals surface area contributed by atoms with Gasteiger partial charge in [-0.15, -0.1) is 0 Å². The highest BCUT2D eigenvalue weighted by Crippen LogP contribution is 2.28. The Morgan fingerprint density at radius 2 is 2.06 bits per heavy atom. The Bertz CT molecular complexity index is 447. The van der Waals surface area contributed by atoms with Crippen LogP contribution in [0, 0.1) is 0 Å². The Balaban J connectivity index is 2.35. The number of H-pyrrole nitrogens is 1. The van der Waals surface area contributed by atoms with Crippen LogP contribution in [-0.4, -0.2) is 15.2 Å². The number of nitrogen functional groups attached to an aromatic ring is 1. The Labute approximate surface area is 94.9 Å². The molecule has 2 rings (SSSR count). The number of unbranched alkanes of at least 4 members (excludes halogenated alkanes) is 1. The van der Waals surface area contributed by atoms with Crippen LogP contribution in [0.4, 0.5) is 5.82 Å². The van der Waals surface area contributed by atoms with E-state index in [0.717, 1.165) is 36.1 Å². The number of nitrogens with one attached hydrogen (secondary N) is 1. The van der Waals surface area contributed by atoms with E-state index in [1.165, 1.54) is 0 Å². The van der Waals surface area contributed by atoms with Crippen LogP contribution in [0.15, 0.2) is 24.5 Å². The molecule has 0 atom stereocenters. The number of aryl methyl sites for hydroxylation is 1. The van der Waals surface area contributed by atoms with Crippen LogP contribution in [0.25, 0.3) is 11.1 Å². The summed E-state index contributed by atoms with van der Waals surface area (Å²) in [4.78, 5) is 4.01. The quantitative estimate of drug-likeness (QED) is 0.824. The van der Waals surface area contributed by atoms with Crippen LogP contribution in [-0.2, 0) is 6.42 Å². The average molecular weight is 216 g/mol. The van der Waals surface area contributed by atoms with Crippen molar-refractivity contribution in [2.75, 3.05) is 5.73 Å². The van der Waals surface area contributed by atoms with Gasteiger partial charge in [-0.05, 0) is 30.5 Å². The maximum Gasteiger partial charge on any atom is 0.153 e. The smallest absolute Gasteiger partial charge is 0.153 e. The van der Waals surface area contributed by atoms with E-state index < -0.39 is 0 Å². The van der Waals surface area contributed by atoms with Gasteiger partial charge < -0.3 is 5.73 Å². The summed E-state index contributed by atoms with van der Waals surface area (Å²) < 4.78 is 0. The first kappa shape index (κ1) is 10.7. The molecule has 3 N–H and O–H groups in total. The van der Waals surface area contributed by atoms with Gasteiger partial charge >= 0.3 is 0 Å². The summed E-state index contributed by atoms with van der Waals surface area (Å²) >= 11 is 0. The number of rotatable bonds is 4. The van der Waals surface area contributed by atoms with Gasteiger partial charge in [-0.3, -0.25) is 10.1 Å². The lowest BCUT2D eigenvalue weighted by molar-refractivity contribution is 0.773. The van der Waals surface area contributed by atoms with Gasteiger partial charge in [0.05, 0.1) is 0 Å². The van der Waals surface area contributed by atoms with Crippen molar-refractivity contribution in [3.05, 3.63) is 30.2 Å². The van der Waals surface area contributed by atoms with Crippen molar-refractivity contribution in [2.24, 2.45) is 0 Å². The Morgan fingerprint density at radius 3 is 2.75 bits per heavy atom. The lowest BCUT2D eigenvalue weighted by Gasteiger charge is -2.03. The monoisotopic (exact) mass is 216 g/mol. The summed E-state index contributed by atoms with van der Waals surface area (Å²) in [6, 6.07) is 3.91. The molecule has 0 saturated carbocycles. The van der Waals surface area contributed by atoms with E-state index in [2.05, 4.69) is 22.1 Å². The molecular weight excluding hydrogens is 200 g/mol. The lowest BCUT2D eigenvalue weighted by Crippen LogP contribution is -1.91. The lowest BCUT2D eigenvalue weighted by atomic mass is 10.0. The summed E-state index contributed by atoms with van der Waals surface area (Å²) in [7, 11) is 0. The molecule has 0 radical (unpaired) electrons. The number of hydrogen-bond acceptors (Lipinski definition) is 3. The van der Waals surface area contributed by atoms with E-state index in [1.807, 2.05) is 12.1 Å². The van der Waals surface area contributed by atoms with Crippen LogP contribution in [0.1, 0.15) is 25.5 Å². The summed E-state index contributed by atoms with van der Waals surface area (Å²) in [5.41, 5.74) is 9.10. The van der Waals surface area contributed by atoms with Crippen molar-refractivity contribution >= 4 is 5.82 Å². The molecule has 0 aliphatic rings. The zero-order chi connectivity index (χ0) is 11.4. The van der Waals surface area contributed by atoms with Crippen LogP contribution >= 0.6 is 0 Å². The molecule has 0 unspecified atom stereocenters. The average Bonchev–Trinajstić information content (AvgIpc) is 2.69. The summed E-state index contributed by atoms with van der Waals surface area (Å²) in [5, 5.41) is 7.09. The highest BCUT2D eigenvalue weighted by molar-refractivity contribution is 5.75. The van der Waals surface area contributed by atoms with E-state index in [0.29, 0.717) is 5.82 Å². The summed E-state index contributed by atoms with van der Waals surface area (Å²) in [6.07, 6.45) is 6.82. The number of pyridine rings is 1. The van der Waals surface area contributed by atoms with Gasteiger partial charge in [0, 0.05) is 23.7 Å². The highest BCUT2D eigenvalue weighted by atomic mass is 15.2. The largest absolute Gasteiger partial charge is 0.382 e. The van der Waals surface area contributed by atoms with Crippen molar-refractivity contribution in [3.8, 4) is 11.1 Å². The molecule has 0 spiro atoms. The number of anilines is 1. The second kappa shape index (κ2) is 4.79. The van der Waals surface area contributed by atoms with Gasteiger partial charge in [0.25, 0.3) is 0 Å². The van der Waals surface area contributed by atoms with Crippen LogP contribution in [0.5, 0.6) is 0 Å². The van der Waals surface area contributed by atoms with Gasteiger partial charge in [-0.2, -0.15) is 5.10 Å². The number of aromatic amines is 1.